The molecule has 2 aromatic heterocycles. The van der Waals surface area contributed by atoms with Crippen molar-refractivity contribution in [2.24, 2.45) is 5.92 Å². The van der Waals surface area contributed by atoms with Crippen molar-refractivity contribution in [2.45, 2.75) is 38.5 Å². The number of oxazole rings is 2. The highest BCUT2D eigenvalue weighted by Gasteiger charge is 2.31. The van der Waals surface area contributed by atoms with E-state index in [9.17, 15) is 9.59 Å². The first-order valence-electron chi connectivity index (χ1n) is 9.46. The lowest BCUT2D eigenvalue weighted by molar-refractivity contribution is -0.145. The van der Waals surface area contributed by atoms with Crippen LogP contribution in [0, 0.1) is 5.92 Å². The lowest BCUT2D eigenvalue weighted by Crippen LogP contribution is -2.48. The zero-order chi connectivity index (χ0) is 21.5. The third-order valence-electron chi connectivity index (χ3n) is 4.71. The summed E-state index contributed by atoms with van der Waals surface area (Å²) < 4.78 is 30.9. The second-order valence-corrected chi connectivity index (χ2v) is 6.95. The van der Waals surface area contributed by atoms with Crippen molar-refractivity contribution in [3.63, 3.8) is 0 Å². The molecular formula is C19H25N3O8. The zero-order valence-corrected chi connectivity index (χ0v) is 17.1. The fraction of sp³-hybridized carbons (Fsp3) is 0.579. The summed E-state index contributed by atoms with van der Waals surface area (Å²) in [6, 6.07) is -0.205. The van der Waals surface area contributed by atoms with Crippen LogP contribution in [-0.4, -0.2) is 61.6 Å². The highest BCUT2D eigenvalue weighted by atomic mass is 16.7. The summed E-state index contributed by atoms with van der Waals surface area (Å²) in [5.41, 5.74) is 0.471. The van der Waals surface area contributed by atoms with Crippen LogP contribution in [0.2, 0.25) is 0 Å². The normalized spacial score (nSPS) is 21.4. The van der Waals surface area contributed by atoms with Crippen LogP contribution >= 0.6 is 0 Å². The molecule has 0 aliphatic carbocycles. The molecule has 0 radical (unpaired) electrons. The summed E-state index contributed by atoms with van der Waals surface area (Å²) in [7, 11) is 2.86. The van der Waals surface area contributed by atoms with Gasteiger partial charge < -0.3 is 33.1 Å². The molecule has 164 valence electrons. The SMILES string of the molecule is COCOCc1nc(-c2nc(C(=O)N[C@H]3COC(CC(=O)OC)C[C@@H]3C)co2)co1. The number of hydrogen-bond acceptors (Lipinski definition) is 10. The predicted molar refractivity (Wildman–Crippen MR) is 100 cm³/mol. The van der Waals surface area contributed by atoms with Crippen molar-refractivity contribution in [3.8, 4) is 11.6 Å². The van der Waals surface area contributed by atoms with Crippen molar-refractivity contribution >= 4 is 11.9 Å². The number of nitrogens with zero attached hydrogens (tertiary/aromatic N) is 2. The van der Waals surface area contributed by atoms with E-state index < -0.39 is 0 Å². The maximum Gasteiger partial charge on any atom is 0.308 e. The molecule has 3 heterocycles. The molecule has 1 saturated heterocycles. The molecule has 11 heteroatoms. The largest absolute Gasteiger partial charge is 0.469 e. The van der Waals surface area contributed by atoms with E-state index in [2.05, 4.69) is 20.0 Å². The van der Waals surface area contributed by atoms with Crippen molar-refractivity contribution in [3.05, 3.63) is 24.1 Å². The molecule has 30 heavy (non-hydrogen) atoms. The molecule has 1 unspecified atom stereocenters. The average molecular weight is 423 g/mol. The maximum atomic E-state index is 12.5. The van der Waals surface area contributed by atoms with E-state index in [4.69, 9.17) is 23.0 Å². The molecule has 0 aromatic carbocycles. The second kappa shape index (κ2) is 10.3. The van der Waals surface area contributed by atoms with Gasteiger partial charge in [-0.1, -0.05) is 6.92 Å². The molecule has 3 atom stereocenters. The van der Waals surface area contributed by atoms with Crippen LogP contribution in [0.3, 0.4) is 0 Å². The van der Waals surface area contributed by atoms with Gasteiger partial charge in [0.25, 0.3) is 5.91 Å². The maximum absolute atomic E-state index is 12.5. The lowest BCUT2D eigenvalue weighted by atomic mass is 9.91. The van der Waals surface area contributed by atoms with Crippen molar-refractivity contribution in [1.82, 2.24) is 15.3 Å². The molecule has 0 bridgehead atoms. The summed E-state index contributed by atoms with van der Waals surface area (Å²) >= 11 is 0. The molecule has 1 aliphatic rings. The number of ether oxygens (including phenoxy) is 4. The summed E-state index contributed by atoms with van der Waals surface area (Å²) in [4.78, 5) is 32.3. The molecular weight excluding hydrogens is 398 g/mol. The van der Waals surface area contributed by atoms with Crippen LogP contribution < -0.4 is 5.32 Å². The molecule has 1 amide bonds. The predicted octanol–water partition coefficient (Wildman–Crippen LogP) is 1.54. The number of carbonyl (C=O) groups excluding carboxylic acids is 2. The Morgan fingerprint density at radius 1 is 1.23 bits per heavy atom. The third-order valence-corrected chi connectivity index (χ3v) is 4.71. The van der Waals surface area contributed by atoms with Crippen molar-refractivity contribution in [2.75, 3.05) is 27.6 Å². The van der Waals surface area contributed by atoms with Crippen LogP contribution in [0.25, 0.3) is 11.6 Å². The molecule has 3 rings (SSSR count). The molecule has 0 spiro atoms. The minimum Gasteiger partial charge on any atom is -0.469 e. The number of esters is 1. The Hall–Kier alpha value is -2.76. The highest BCUT2D eigenvalue weighted by Crippen LogP contribution is 2.23. The number of amides is 1. The van der Waals surface area contributed by atoms with Crippen LogP contribution in [0.4, 0.5) is 0 Å². The Balaban J connectivity index is 1.53. The van der Waals surface area contributed by atoms with E-state index in [1.807, 2.05) is 6.92 Å². The van der Waals surface area contributed by atoms with E-state index in [1.165, 1.54) is 26.7 Å². The van der Waals surface area contributed by atoms with Crippen LogP contribution in [0.5, 0.6) is 0 Å². The number of nitrogens with one attached hydrogen (secondary N) is 1. The number of rotatable bonds is 9. The van der Waals surface area contributed by atoms with Gasteiger partial charge in [-0.15, -0.1) is 0 Å². The molecule has 1 fully saturated rings. The highest BCUT2D eigenvalue weighted by molar-refractivity contribution is 5.92. The molecule has 0 saturated carbocycles. The van der Waals surface area contributed by atoms with Gasteiger partial charge in [-0.2, -0.15) is 0 Å². The van der Waals surface area contributed by atoms with E-state index in [-0.39, 0.29) is 61.3 Å². The molecule has 2 aromatic rings. The Morgan fingerprint density at radius 2 is 2.07 bits per heavy atom. The third kappa shape index (κ3) is 5.65. The smallest absolute Gasteiger partial charge is 0.308 e. The zero-order valence-electron chi connectivity index (χ0n) is 17.1. The molecule has 1 N–H and O–H groups in total. The fourth-order valence-electron chi connectivity index (χ4n) is 3.07. The molecule has 11 nitrogen and oxygen atoms in total. The quantitative estimate of drug-likeness (QED) is 0.359. The van der Waals surface area contributed by atoms with Gasteiger partial charge in [0.2, 0.25) is 11.8 Å². The number of hydrogen-bond donors (Lipinski definition) is 1. The van der Waals surface area contributed by atoms with Crippen molar-refractivity contribution in [1.29, 1.82) is 0 Å². The first-order chi connectivity index (χ1) is 14.5. The van der Waals surface area contributed by atoms with Gasteiger partial charge >= 0.3 is 5.97 Å². The first kappa shape index (κ1) is 21.9. The van der Waals surface area contributed by atoms with Gasteiger partial charge in [-0.3, -0.25) is 9.59 Å². The van der Waals surface area contributed by atoms with E-state index in [0.717, 1.165) is 0 Å². The summed E-state index contributed by atoms with van der Waals surface area (Å²) in [5, 5.41) is 2.90. The summed E-state index contributed by atoms with van der Waals surface area (Å²) in [6.07, 6.45) is 3.25. The summed E-state index contributed by atoms with van der Waals surface area (Å²) in [5.74, 6) is -0.0852. The number of carbonyl (C=O) groups is 2. The average Bonchev–Trinajstić information content (AvgIpc) is 3.39. The Labute approximate surface area is 173 Å². The Morgan fingerprint density at radius 3 is 2.80 bits per heavy atom. The minimum atomic E-state index is -0.385. The first-order valence-corrected chi connectivity index (χ1v) is 9.46. The van der Waals surface area contributed by atoms with Gasteiger partial charge in [-0.25, -0.2) is 9.97 Å². The van der Waals surface area contributed by atoms with E-state index in [0.29, 0.717) is 24.6 Å². The molecule has 1 aliphatic heterocycles. The van der Waals surface area contributed by atoms with Crippen LogP contribution in [0.1, 0.15) is 36.1 Å². The van der Waals surface area contributed by atoms with Gasteiger partial charge in [0.15, 0.2) is 11.4 Å². The topological polar surface area (TPSA) is 135 Å². The summed E-state index contributed by atoms with van der Waals surface area (Å²) in [6.45, 7) is 2.55. The Kier molecular flexibility index (Phi) is 7.55. The van der Waals surface area contributed by atoms with Gasteiger partial charge in [0.1, 0.15) is 25.9 Å². The standard InChI is InChI=1S/C19H25N3O8/c1-11-4-12(5-17(23)26-3)28-6-13(11)21-18(24)14-7-30-19(22-14)15-8-29-16(20-15)9-27-10-25-2/h7-8,11-13H,4-6,9-10H2,1-3H3,(H,21,24)/t11-,12?,13-/m0/s1. The van der Waals surface area contributed by atoms with Gasteiger partial charge in [-0.05, 0) is 12.3 Å². The number of aromatic nitrogens is 2. The minimum absolute atomic E-state index is 0.119. The van der Waals surface area contributed by atoms with Gasteiger partial charge in [0.05, 0.1) is 32.3 Å². The second-order valence-electron chi connectivity index (χ2n) is 6.95. The Bertz CT molecular complexity index is 848. The number of methoxy groups -OCH3 is 2. The van der Waals surface area contributed by atoms with E-state index in [1.54, 1.807) is 0 Å². The van der Waals surface area contributed by atoms with E-state index >= 15 is 0 Å². The van der Waals surface area contributed by atoms with Crippen LogP contribution in [-0.2, 0) is 30.3 Å². The fourth-order valence-corrected chi connectivity index (χ4v) is 3.07. The lowest BCUT2D eigenvalue weighted by Gasteiger charge is -2.34. The van der Waals surface area contributed by atoms with Crippen LogP contribution in [0.15, 0.2) is 21.4 Å². The van der Waals surface area contributed by atoms with Gasteiger partial charge in [0, 0.05) is 7.11 Å². The monoisotopic (exact) mass is 423 g/mol. The van der Waals surface area contributed by atoms with Crippen molar-refractivity contribution < 1.29 is 37.4 Å².